The van der Waals surface area contributed by atoms with Crippen LogP contribution in [-0.4, -0.2) is 21.7 Å². The quantitative estimate of drug-likeness (QED) is 0.367. The van der Waals surface area contributed by atoms with Crippen molar-refractivity contribution in [3.05, 3.63) is 52.7 Å². The molecule has 0 aliphatic heterocycles. The molecule has 0 saturated heterocycles. The number of hydrogen-bond donors (Lipinski definition) is 0. The van der Waals surface area contributed by atoms with E-state index in [1.807, 2.05) is 36.6 Å². The van der Waals surface area contributed by atoms with Gasteiger partial charge in [-0.05, 0) is 29.0 Å². The molecule has 18 heavy (non-hydrogen) atoms. The zero-order chi connectivity index (χ0) is 13.0. The number of rotatable bonds is 3. The summed E-state index contributed by atoms with van der Waals surface area (Å²) in [6, 6.07) is 9.32. The lowest BCUT2D eigenvalue weighted by molar-refractivity contribution is 0.0993. The summed E-state index contributed by atoms with van der Waals surface area (Å²) in [4.78, 5) is 18.3. The summed E-state index contributed by atoms with van der Waals surface area (Å²) in [5.74, 6) is -0.644. The fourth-order valence-electron chi connectivity index (χ4n) is 1.55. The number of carbonyl (C=O) groups is 1. The molecule has 0 radical (unpaired) electrons. The monoisotopic (exact) mass is 259 g/mol. The maximum absolute atomic E-state index is 11.7. The number of aromatic nitrogens is 2. The van der Waals surface area contributed by atoms with E-state index in [9.17, 15) is 4.79 Å². The summed E-state index contributed by atoms with van der Waals surface area (Å²) < 4.78 is 1.67. The van der Waals surface area contributed by atoms with Crippen LogP contribution in [0.4, 0.5) is 0 Å². The lowest BCUT2D eigenvalue weighted by atomic mass is 10.3. The van der Waals surface area contributed by atoms with Crippen molar-refractivity contribution in [1.29, 1.82) is 0 Å². The van der Waals surface area contributed by atoms with Crippen molar-refractivity contribution in [1.82, 2.24) is 9.55 Å². The number of thioether (sulfide) groups is 1. The summed E-state index contributed by atoms with van der Waals surface area (Å²) in [5.41, 5.74) is 9.38. The van der Waals surface area contributed by atoms with Crippen LogP contribution in [0.3, 0.4) is 0 Å². The Morgan fingerprint density at radius 3 is 2.78 bits per heavy atom. The van der Waals surface area contributed by atoms with Gasteiger partial charge in [0.25, 0.3) is 5.91 Å². The minimum absolute atomic E-state index is 0.253. The predicted molar refractivity (Wildman–Crippen MR) is 68.8 cm³/mol. The highest BCUT2D eigenvalue weighted by Crippen LogP contribution is 2.21. The average molecular weight is 259 g/mol. The third kappa shape index (κ3) is 2.22. The van der Waals surface area contributed by atoms with Crippen LogP contribution in [0.25, 0.3) is 16.1 Å². The van der Waals surface area contributed by atoms with Crippen molar-refractivity contribution in [3.8, 4) is 5.69 Å². The number of azide groups is 1. The zero-order valence-electron chi connectivity index (χ0n) is 9.52. The Balaban J connectivity index is 2.60. The number of benzene rings is 1. The molecule has 0 fully saturated rings. The molecule has 0 bridgehead atoms. The highest BCUT2D eigenvalue weighted by molar-refractivity contribution is 7.98. The predicted octanol–water partition coefficient (Wildman–Crippen LogP) is 3.04. The topological polar surface area (TPSA) is 83.7 Å². The van der Waals surface area contributed by atoms with Crippen LogP contribution >= 0.6 is 11.8 Å². The van der Waals surface area contributed by atoms with E-state index in [0.717, 1.165) is 5.69 Å². The van der Waals surface area contributed by atoms with E-state index in [1.165, 1.54) is 18.0 Å². The van der Waals surface area contributed by atoms with Crippen molar-refractivity contribution in [2.75, 3.05) is 6.26 Å². The molecular weight excluding hydrogens is 250 g/mol. The maximum atomic E-state index is 11.7. The second-order valence-electron chi connectivity index (χ2n) is 3.30. The number of amides is 1. The Labute approximate surface area is 107 Å². The van der Waals surface area contributed by atoms with Gasteiger partial charge >= 0.3 is 0 Å². The lowest BCUT2D eigenvalue weighted by Crippen LogP contribution is -2.05. The average Bonchev–Trinajstić information content (AvgIpc) is 2.83. The molecule has 0 saturated carbocycles. The molecule has 1 heterocycles. The Kier molecular flexibility index (Phi) is 3.66. The summed E-state index contributed by atoms with van der Waals surface area (Å²) in [5, 5.41) is 3.76. The maximum Gasteiger partial charge on any atom is 0.267 e. The van der Waals surface area contributed by atoms with Crippen molar-refractivity contribution >= 4 is 17.7 Å². The van der Waals surface area contributed by atoms with E-state index in [2.05, 4.69) is 15.0 Å². The van der Waals surface area contributed by atoms with Crippen LogP contribution in [-0.2, 0) is 0 Å². The molecule has 7 heteroatoms. The van der Waals surface area contributed by atoms with Crippen LogP contribution < -0.4 is 0 Å². The highest BCUT2D eigenvalue weighted by atomic mass is 32.2. The first-order valence-electron chi connectivity index (χ1n) is 5.04. The molecule has 0 aliphatic carbocycles. The summed E-state index contributed by atoms with van der Waals surface area (Å²) in [6.45, 7) is 0. The van der Waals surface area contributed by atoms with Crippen LogP contribution in [0, 0.1) is 0 Å². The Bertz CT molecular complexity index is 616. The number of nitrogens with zero attached hydrogens (tertiary/aromatic N) is 5. The number of hydrogen-bond acceptors (Lipinski definition) is 3. The minimum atomic E-state index is -0.644. The molecule has 1 aromatic carbocycles. The van der Waals surface area contributed by atoms with Gasteiger partial charge in [-0.1, -0.05) is 30.0 Å². The van der Waals surface area contributed by atoms with Crippen molar-refractivity contribution in [3.63, 3.8) is 0 Å². The van der Waals surface area contributed by atoms with Gasteiger partial charge < -0.3 is 0 Å². The second kappa shape index (κ2) is 5.39. The van der Waals surface area contributed by atoms with Gasteiger partial charge in [-0.2, -0.15) is 0 Å². The summed E-state index contributed by atoms with van der Waals surface area (Å²) in [7, 11) is 0. The van der Waals surface area contributed by atoms with Gasteiger partial charge in [0.15, 0.2) is 5.16 Å². The Hall–Kier alpha value is -2.24. The largest absolute Gasteiger partial charge is 0.285 e. The molecule has 0 aliphatic rings. The van der Waals surface area contributed by atoms with Crippen LogP contribution in [0.5, 0.6) is 0 Å². The van der Waals surface area contributed by atoms with Gasteiger partial charge in [-0.15, -0.1) is 0 Å². The van der Waals surface area contributed by atoms with Crippen LogP contribution in [0.15, 0.2) is 46.8 Å². The summed E-state index contributed by atoms with van der Waals surface area (Å²) in [6.07, 6.45) is 3.28. The summed E-state index contributed by atoms with van der Waals surface area (Å²) >= 11 is 1.41. The van der Waals surface area contributed by atoms with Gasteiger partial charge in [-0.3, -0.25) is 9.36 Å². The van der Waals surface area contributed by atoms with E-state index in [4.69, 9.17) is 5.53 Å². The smallest absolute Gasteiger partial charge is 0.267 e. The van der Waals surface area contributed by atoms with Crippen molar-refractivity contribution in [2.24, 2.45) is 5.11 Å². The van der Waals surface area contributed by atoms with Crippen molar-refractivity contribution < 1.29 is 4.79 Å². The first kappa shape index (κ1) is 12.2. The van der Waals surface area contributed by atoms with Gasteiger partial charge in [0.1, 0.15) is 5.69 Å². The molecule has 0 N–H and O–H groups in total. The standard InChI is InChI=1S/C11H9N5OS/c1-18-11-13-7-9(10(17)14-15-12)16(11)8-5-3-2-4-6-8/h2-7H,1H3. The van der Waals surface area contributed by atoms with Gasteiger partial charge in [0.2, 0.25) is 0 Å². The molecule has 2 aromatic rings. The van der Waals surface area contributed by atoms with Gasteiger partial charge in [0.05, 0.1) is 6.20 Å². The molecule has 2 rings (SSSR count). The molecular formula is C11H9N5OS. The minimum Gasteiger partial charge on any atom is -0.285 e. The molecule has 1 aromatic heterocycles. The van der Waals surface area contributed by atoms with E-state index in [0.29, 0.717) is 5.16 Å². The third-order valence-corrected chi connectivity index (χ3v) is 2.93. The normalized spacial score (nSPS) is 9.83. The van der Waals surface area contributed by atoms with Crippen LogP contribution in [0.2, 0.25) is 0 Å². The molecule has 0 unspecified atom stereocenters. The number of carbonyl (C=O) groups excluding carboxylic acids is 1. The third-order valence-electron chi connectivity index (χ3n) is 2.28. The molecule has 90 valence electrons. The van der Waals surface area contributed by atoms with E-state index in [1.54, 1.807) is 4.57 Å². The van der Waals surface area contributed by atoms with Gasteiger partial charge in [-0.25, -0.2) is 4.98 Å². The molecule has 0 atom stereocenters. The SMILES string of the molecule is CSc1ncc(C(=O)N=[N+]=[N-])n1-c1ccccc1. The van der Waals surface area contributed by atoms with E-state index in [-0.39, 0.29) is 5.69 Å². The fourth-order valence-corrected chi connectivity index (χ4v) is 2.09. The van der Waals surface area contributed by atoms with E-state index >= 15 is 0 Å². The zero-order valence-corrected chi connectivity index (χ0v) is 10.3. The Morgan fingerprint density at radius 2 is 2.17 bits per heavy atom. The number of para-hydroxylation sites is 1. The van der Waals surface area contributed by atoms with Crippen molar-refractivity contribution in [2.45, 2.75) is 5.16 Å². The fraction of sp³-hybridized carbons (Fsp3) is 0.0909. The molecule has 6 nitrogen and oxygen atoms in total. The second-order valence-corrected chi connectivity index (χ2v) is 4.07. The lowest BCUT2D eigenvalue weighted by Gasteiger charge is -2.08. The first-order chi connectivity index (χ1) is 8.77. The van der Waals surface area contributed by atoms with E-state index < -0.39 is 5.91 Å². The molecule has 0 spiro atoms. The number of imidazole rings is 1. The van der Waals surface area contributed by atoms with Crippen LogP contribution in [0.1, 0.15) is 10.5 Å². The first-order valence-corrected chi connectivity index (χ1v) is 6.27. The highest BCUT2D eigenvalue weighted by Gasteiger charge is 2.16. The Morgan fingerprint density at radius 1 is 1.44 bits per heavy atom. The van der Waals surface area contributed by atoms with Gasteiger partial charge in [0, 0.05) is 10.6 Å². The molecule has 1 amide bonds.